The van der Waals surface area contributed by atoms with Crippen molar-refractivity contribution < 1.29 is 23.8 Å². The molecular formula is C19H23N3O5. The molecule has 0 radical (unpaired) electrons. The fourth-order valence-electron chi connectivity index (χ4n) is 2.86. The normalized spacial score (nSPS) is 16.1. The molecule has 1 atom stereocenters. The van der Waals surface area contributed by atoms with E-state index in [0.717, 1.165) is 6.42 Å². The fourth-order valence-corrected chi connectivity index (χ4v) is 2.86. The van der Waals surface area contributed by atoms with Crippen LogP contribution in [0.25, 0.3) is 0 Å². The lowest BCUT2D eigenvalue weighted by molar-refractivity contribution is -0.139. The van der Waals surface area contributed by atoms with Crippen LogP contribution in [0.2, 0.25) is 0 Å². The minimum atomic E-state index is -0.682. The molecule has 0 saturated heterocycles. The summed E-state index contributed by atoms with van der Waals surface area (Å²) in [5, 5.41) is 14.2. The first-order valence-corrected chi connectivity index (χ1v) is 8.71. The Bertz CT molecular complexity index is 782. The maximum absolute atomic E-state index is 12.6. The number of urea groups is 1. The smallest absolute Gasteiger partial charge is 0.338 e. The number of rotatable bonds is 8. The number of allylic oxidation sites excluding steroid dienone is 1. The van der Waals surface area contributed by atoms with Gasteiger partial charge in [0.25, 0.3) is 0 Å². The van der Waals surface area contributed by atoms with Crippen LogP contribution < -0.4 is 20.1 Å². The highest BCUT2D eigenvalue weighted by atomic mass is 16.5. The van der Waals surface area contributed by atoms with Crippen molar-refractivity contribution in [2.24, 2.45) is 0 Å². The number of carbonyl (C=O) groups is 2. The third kappa shape index (κ3) is 4.70. The molecule has 2 N–H and O–H groups in total. The molecule has 0 fully saturated rings. The number of carbonyl (C=O) groups excluding carboxylic acids is 2. The number of benzene rings is 1. The minimum absolute atomic E-state index is 0.117. The van der Waals surface area contributed by atoms with E-state index in [0.29, 0.717) is 34.8 Å². The van der Waals surface area contributed by atoms with Gasteiger partial charge >= 0.3 is 12.0 Å². The Labute approximate surface area is 158 Å². The van der Waals surface area contributed by atoms with Gasteiger partial charge < -0.3 is 24.8 Å². The lowest BCUT2D eigenvalue weighted by Gasteiger charge is -2.29. The van der Waals surface area contributed by atoms with Crippen molar-refractivity contribution >= 4 is 12.0 Å². The van der Waals surface area contributed by atoms with Gasteiger partial charge in [0.05, 0.1) is 25.3 Å². The van der Waals surface area contributed by atoms with Gasteiger partial charge in [-0.15, -0.1) is 0 Å². The number of nitriles is 1. The molecule has 1 aromatic carbocycles. The quantitative estimate of drug-likeness (QED) is 0.678. The number of nitrogens with one attached hydrogen (secondary N) is 2. The first-order valence-electron chi connectivity index (χ1n) is 8.71. The Morgan fingerprint density at radius 1 is 1.30 bits per heavy atom. The molecular weight excluding hydrogens is 350 g/mol. The number of amides is 2. The van der Waals surface area contributed by atoms with Gasteiger partial charge in [0.15, 0.2) is 18.1 Å². The molecule has 27 heavy (non-hydrogen) atoms. The molecule has 2 amide bonds. The lowest BCUT2D eigenvalue weighted by Crippen LogP contribution is -2.46. The van der Waals surface area contributed by atoms with E-state index >= 15 is 0 Å². The molecule has 8 heteroatoms. The SMILES string of the molecule is CCCC1=C(C(=O)OCC)C(c2ccc(OCC#N)c(OC)c2)NC(=O)N1. The second-order valence-electron chi connectivity index (χ2n) is 5.75. The highest BCUT2D eigenvalue weighted by Gasteiger charge is 2.33. The maximum Gasteiger partial charge on any atom is 0.338 e. The van der Waals surface area contributed by atoms with Crippen LogP contribution in [0.15, 0.2) is 29.5 Å². The average Bonchev–Trinajstić information content (AvgIpc) is 2.66. The van der Waals surface area contributed by atoms with E-state index in [1.807, 2.05) is 13.0 Å². The van der Waals surface area contributed by atoms with Crippen molar-refractivity contribution in [2.75, 3.05) is 20.3 Å². The van der Waals surface area contributed by atoms with Crippen LogP contribution in [-0.2, 0) is 9.53 Å². The number of hydrogen-bond donors (Lipinski definition) is 2. The summed E-state index contributed by atoms with van der Waals surface area (Å²) in [4.78, 5) is 24.7. The van der Waals surface area contributed by atoms with Gasteiger partial charge in [0, 0.05) is 5.70 Å². The van der Waals surface area contributed by atoms with E-state index < -0.39 is 12.0 Å². The Hall–Kier alpha value is -3.21. The third-order valence-corrected chi connectivity index (χ3v) is 3.96. The van der Waals surface area contributed by atoms with Crippen LogP contribution in [0.1, 0.15) is 38.3 Å². The Morgan fingerprint density at radius 2 is 2.07 bits per heavy atom. The largest absolute Gasteiger partial charge is 0.493 e. The summed E-state index contributed by atoms with van der Waals surface area (Å²) in [7, 11) is 1.48. The van der Waals surface area contributed by atoms with Crippen LogP contribution in [-0.4, -0.2) is 32.3 Å². The van der Waals surface area contributed by atoms with Gasteiger partial charge in [-0.3, -0.25) is 0 Å². The molecule has 0 saturated carbocycles. The molecule has 8 nitrogen and oxygen atoms in total. The number of hydrogen-bond acceptors (Lipinski definition) is 6. The summed E-state index contributed by atoms with van der Waals surface area (Å²) < 4.78 is 15.8. The molecule has 2 rings (SSSR count). The number of nitrogens with zero attached hydrogens (tertiary/aromatic N) is 1. The van der Waals surface area contributed by atoms with Crippen LogP contribution in [0.4, 0.5) is 4.79 Å². The molecule has 1 aromatic rings. The minimum Gasteiger partial charge on any atom is -0.493 e. The summed E-state index contributed by atoms with van der Waals surface area (Å²) in [5.74, 6) is 0.316. The molecule has 1 heterocycles. The molecule has 0 aliphatic carbocycles. The van der Waals surface area contributed by atoms with E-state index in [4.69, 9.17) is 19.5 Å². The summed E-state index contributed by atoms with van der Waals surface area (Å²) in [5.41, 5.74) is 1.56. The molecule has 0 aromatic heterocycles. The fraction of sp³-hybridized carbons (Fsp3) is 0.421. The van der Waals surface area contributed by atoms with Crippen molar-refractivity contribution in [2.45, 2.75) is 32.7 Å². The van der Waals surface area contributed by atoms with E-state index in [9.17, 15) is 9.59 Å². The van der Waals surface area contributed by atoms with Gasteiger partial charge in [-0.1, -0.05) is 19.4 Å². The first-order chi connectivity index (χ1) is 13.0. The zero-order chi connectivity index (χ0) is 19.8. The summed E-state index contributed by atoms with van der Waals surface area (Å²) in [6.45, 7) is 3.80. The molecule has 0 bridgehead atoms. The Balaban J connectivity index is 2.49. The van der Waals surface area contributed by atoms with Crippen molar-refractivity contribution in [1.29, 1.82) is 5.26 Å². The van der Waals surface area contributed by atoms with Gasteiger partial charge in [-0.25, -0.2) is 9.59 Å². The first kappa shape index (κ1) is 20.1. The van der Waals surface area contributed by atoms with Crippen molar-refractivity contribution in [3.8, 4) is 17.6 Å². The summed E-state index contributed by atoms with van der Waals surface area (Å²) in [6, 6.07) is 5.85. The van der Waals surface area contributed by atoms with Crippen LogP contribution >= 0.6 is 0 Å². The summed E-state index contributed by atoms with van der Waals surface area (Å²) in [6.07, 6.45) is 1.30. The Morgan fingerprint density at radius 3 is 2.70 bits per heavy atom. The standard InChI is InChI=1S/C19H23N3O5/c1-4-6-13-16(18(23)26-5-2)17(22-19(24)21-13)12-7-8-14(27-10-9-20)15(11-12)25-3/h7-8,11,17H,4-6,10H2,1-3H3,(H2,21,22,24). The molecule has 0 spiro atoms. The lowest BCUT2D eigenvalue weighted by atomic mass is 9.93. The molecule has 1 aliphatic rings. The molecule has 1 aliphatic heterocycles. The van der Waals surface area contributed by atoms with Gasteiger partial charge in [-0.2, -0.15) is 5.26 Å². The average molecular weight is 373 g/mol. The third-order valence-electron chi connectivity index (χ3n) is 3.96. The zero-order valence-electron chi connectivity index (χ0n) is 15.6. The van der Waals surface area contributed by atoms with Crippen LogP contribution in [0.5, 0.6) is 11.5 Å². The van der Waals surface area contributed by atoms with E-state index in [2.05, 4.69) is 10.6 Å². The van der Waals surface area contributed by atoms with Gasteiger partial charge in [0.1, 0.15) is 6.07 Å². The topological polar surface area (TPSA) is 110 Å². The van der Waals surface area contributed by atoms with Crippen LogP contribution in [0, 0.1) is 11.3 Å². The van der Waals surface area contributed by atoms with E-state index in [-0.39, 0.29) is 19.2 Å². The van der Waals surface area contributed by atoms with Gasteiger partial charge in [-0.05, 0) is 31.0 Å². The maximum atomic E-state index is 12.6. The second kappa shape index (κ2) is 9.48. The predicted molar refractivity (Wildman–Crippen MR) is 97.1 cm³/mol. The van der Waals surface area contributed by atoms with Gasteiger partial charge in [0.2, 0.25) is 0 Å². The zero-order valence-corrected chi connectivity index (χ0v) is 15.6. The highest BCUT2D eigenvalue weighted by Crippen LogP contribution is 2.35. The summed E-state index contributed by atoms with van der Waals surface area (Å²) >= 11 is 0. The number of ether oxygens (including phenoxy) is 3. The Kier molecular flexibility index (Phi) is 7.06. The number of esters is 1. The molecule has 1 unspecified atom stereocenters. The van der Waals surface area contributed by atoms with Crippen molar-refractivity contribution in [3.05, 3.63) is 35.0 Å². The predicted octanol–water partition coefficient (Wildman–Crippen LogP) is 2.57. The second-order valence-corrected chi connectivity index (χ2v) is 5.75. The van der Waals surface area contributed by atoms with E-state index in [1.54, 1.807) is 25.1 Å². The van der Waals surface area contributed by atoms with Crippen molar-refractivity contribution in [3.63, 3.8) is 0 Å². The van der Waals surface area contributed by atoms with Crippen LogP contribution in [0.3, 0.4) is 0 Å². The monoisotopic (exact) mass is 373 g/mol. The number of methoxy groups -OCH3 is 1. The van der Waals surface area contributed by atoms with E-state index in [1.165, 1.54) is 7.11 Å². The van der Waals surface area contributed by atoms with Crippen molar-refractivity contribution in [1.82, 2.24) is 10.6 Å². The highest BCUT2D eigenvalue weighted by molar-refractivity contribution is 5.95. The molecule has 144 valence electrons.